The summed E-state index contributed by atoms with van der Waals surface area (Å²) in [5.74, 6) is -0.392. The van der Waals surface area contributed by atoms with E-state index in [4.69, 9.17) is 0 Å². The standard InChI is InChI=1S/C19H22NO2.Y/c1-14-4-8-16(9-5-14)12-13-19(3,22)18(21)20-17-10-6-15(2)7-11-17;/h4-6,8-11,22H,12-13H2,1-3H3,(H,20,21);/q-1;+3. The van der Waals surface area contributed by atoms with E-state index in [1.165, 1.54) is 5.56 Å². The first kappa shape index (κ1) is 20.0. The van der Waals surface area contributed by atoms with Gasteiger partial charge in [-0.05, 0) is 32.3 Å². The molecule has 0 fully saturated rings. The van der Waals surface area contributed by atoms with Crippen LogP contribution in [0.15, 0.2) is 42.5 Å². The fraction of sp³-hybridized carbons (Fsp3) is 0.316. The Morgan fingerprint density at radius 1 is 1.17 bits per heavy atom. The van der Waals surface area contributed by atoms with Crippen LogP contribution in [0.1, 0.15) is 30.0 Å². The fourth-order valence-corrected chi connectivity index (χ4v) is 2.10. The molecule has 0 radical (unpaired) electrons. The van der Waals surface area contributed by atoms with Gasteiger partial charge in [0.05, 0.1) is 0 Å². The summed E-state index contributed by atoms with van der Waals surface area (Å²) in [5.41, 5.74) is 2.55. The molecule has 116 valence electrons. The van der Waals surface area contributed by atoms with Gasteiger partial charge in [-0.3, -0.25) is 4.79 Å². The quantitative estimate of drug-likeness (QED) is 0.775. The molecule has 1 amide bonds. The summed E-state index contributed by atoms with van der Waals surface area (Å²) in [6.45, 7) is 5.52. The molecule has 0 saturated heterocycles. The average molecular weight is 385 g/mol. The molecule has 0 aromatic heterocycles. The van der Waals surface area contributed by atoms with Crippen LogP contribution >= 0.6 is 0 Å². The number of hydrogen-bond donors (Lipinski definition) is 2. The number of anilines is 1. The van der Waals surface area contributed by atoms with Crippen molar-refractivity contribution in [2.75, 3.05) is 5.32 Å². The van der Waals surface area contributed by atoms with Crippen molar-refractivity contribution < 1.29 is 42.6 Å². The van der Waals surface area contributed by atoms with E-state index in [-0.39, 0.29) is 32.7 Å². The van der Waals surface area contributed by atoms with E-state index < -0.39 is 11.5 Å². The third-order valence-electron chi connectivity index (χ3n) is 3.74. The number of amides is 1. The monoisotopic (exact) mass is 385 g/mol. The second-order valence-corrected chi connectivity index (χ2v) is 5.97. The van der Waals surface area contributed by atoms with Crippen molar-refractivity contribution in [3.8, 4) is 0 Å². The van der Waals surface area contributed by atoms with E-state index in [0.717, 1.165) is 11.1 Å². The van der Waals surface area contributed by atoms with Gasteiger partial charge in [-0.25, -0.2) is 0 Å². The van der Waals surface area contributed by atoms with Crippen LogP contribution in [0.2, 0.25) is 0 Å². The van der Waals surface area contributed by atoms with Crippen molar-refractivity contribution in [1.82, 2.24) is 0 Å². The van der Waals surface area contributed by atoms with Gasteiger partial charge in [0.25, 0.3) is 0 Å². The molecule has 23 heavy (non-hydrogen) atoms. The van der Waals surface area contributed by atoms with Crippen LogP contribution in [-0.4, -0.2) is 16.6 Å². The summed E-state index contributed by atoms with van der Waals surface area (Å²) in [5, 5.41) is 13.1. The molecule has 0 bridgehead atoms. The number of nitrogens with one attached hydrogen (secondary N) is 1. The largest absolute Gasteiger partial charge is 3.00 e. The molecule has 2 aromatic rings. The summed E-state index contributed by atoms with van der Waals surface area (Å²) >= 11 is 0. The van der Waals surface area contributed by atoms with E-state index in [1.54, 1.807) is 19.1 Å². The zero-order chi connectivity index (χ0) is 16.2. The molecule has 0 aliphatic carbocycles. The maximum Gasteiger partial charge on any atom is 3.00 e. The molecule has 2 aromatic carbocycles. The van der Waals surface area contributed by atoms with Crippen LogP contribution in [0.3, 0.4) is 0 Å². The van der Waals surface area contributed by atoms with Crippen molar-refractivity contribution >= 4 is 11.6 Å². The molecule has 2 rings (SSSR count). The molecule has 0 spiro atoms. The summed E-state index contributed by atoms with van der Waals surface area (Å²) < 4.78 is 0. The van der Waals surface area contributed by atoms with E-state index in [1.807, 2.05) is 44.2 Å². The van der Waals surface area contributed by atoms with Gasteiger partial charge < -0.3 is 10.4 Å². The Kier molecular flexibility index (Phi) is 7.59. The second-order valence-electron chi connectivity index (χ2n) is 5.97. The minimum atomic E-state index is -1.41. The van der Waals surface area contributed by atoms with Crippen LogP contribution in [0, 0.1) is 19.9 Å². The Hall–Kier alpha value is -1.03. The molecule has 4 heteroatoms. The van der Waals surface area contributed by atoms with Gasteiger partial charge in [-0.15, -0.1) is 6.07 Å². The topological polar surface area (TPSA) is 49.3 Å². The van der Waals surface area contributed by atoms with Crippen molar-refractivity contribution in [1.29, 1.82) is 0 Å². The van der Waals surface area contributed by atoms with Gasteiger partial charge in [-0.2, -0.15) is 23.8 Å². The number of aliphatic hydroxyl groups is 1. The van der Waals surface area contributed by atoms with Gasteiger partial charge in [0.2, 0.25) is 5.91 Å². The summed E-state index contributed by atoms with van der Waals surface area (Å²) in [7, 11) is 0. The van der Waals surface area contributed by atoms with Crippen LogP contribution in [-0.2, 0) is 43.9 Å². The molecule has 2 N–H and O–H groups in total. The Balaban J connectivity index is 0.00000264. The van der Waals surface area contributed by atoms with Crippen LogP contribution in [0.4, 0.5) is 5.69 Å². The van der Waals surface area contributed by atoms with Crippen molar-refractivity contribution in [2.45, 2.75) is 39.2 Å². The number of aryl methyl sites for hydroxylation is 3. The van der Waals surface area contributed by atoms with Gasteiger partial charge in [0.15, 0.2) is 0 Å². The maximum absolute atomic E-state index is 12.2. The predicted molar refractivity (Wildman–Crippen MR) is 88.8 cm³/mol. The maximum atomic E-state index is 12.2. The first-order valence-corrected chi connectivity index (χ1v) is 7.44. The normalized spacial score (nSPS) is 12.9. The molecule has 0 aliphatic heterocycles. The number of carbonyl (C=O) groups excluding carboxylic acids is 1. The first-order chi connectivity index (χ1) is 10.4. The van der Waals surface area contributed by atoms with Gasteiger partial charge >= 0.3 is 32.7 Å². The molecule has 0 heterocycles. The number of benzene rings is 2. The summed E-state index contributed by atoms with van der Waals surface area (Å²) in [4.78, 5) is 12.2. The van der Waals surface area contributed by atoms with Crippen LogP contribution < -0.4 is 5.32 Å². The number of rotatable bonds is 5. The molecule has 0 aliphatic rings. The Morgan fingerprint density at radius 2 is 1.83 bits per heavy atom. The molecule has 0 saturated carbocycles. The average Bonchev–Trinajstić information content (AvgIpc) is 2.49. The molecule has 1 unspecified atom stereocenters. The zero-order valence-corrected chi connectivity index (χ0v) is 16.7. The van der Waals surface area contributed by atoms with Crippen molar-refractivity contribution in [3.05, 3.63) is 65.2 Å². The Labute approximate surface area is 163 Å². The Bertz CT molecular complexity index is 633. The molecule has 3 nitrogen and oxygen atoms in total. The Morgan fingerprint density at radius 3 is 2.39 bits per heavy atom. The summed E-state index contributed by atoms with van der Waals surface area (Å²) in [6, 6.07) is 16.5. The van der Waals surface area contributed by atoms with Crippen LogP contribution in [0.25, 0.3) is 0 Å². The SMILES string of the molecule is Cc1[c-]cc(NC(=O)C(C)(O)CCc2ccc(C)cc2)cc1.[Y+3]. The van der Waals surface area contributed by atoms with Gasteiger partial charge in [0, 0.05) is 0 Å². The predicted octanol–water partition coefficient (Wildman–Crippen LogP) is 3.42. The third kappa shape index (κ3) is 6.17. The van der Waals surface area contributed by atoms with Gasteiger partial charge in [-0.1, -0.05) is 42.4 Å². The minimum absolute atomic E-state index is 0. The second kappa shape index (κ2) is 8.72. The molecular weight excluding hydrogens is 363 g/mol. The number of hydrogen-bond acceptors (Lipinski definition) is 2. The van der Waals surface area contributed by atoms with E-state index in [0.29, 0.717) is 18.5 Å². The zero-order valence-electron chi connectivity index (χ0n) is 13.9. The van der Waals surface area contributed by atoms with Crippen molar-refractivity contribution in [2.24, 2.45) is 0 Å². The van der Waals surface area contributed by atoms with E-state index in [2.05, 4.69) is 11.4 Å². The van der Waals surface area contributed by atoms with Crippen molar-refractivity contribution in [3.63, 3.8) is 0 Å². The van der Waals surface area contributed by atoms with E-state index in [9.17, 15) is 9.90 Å². The summed E-state index contributed by atoms with van der Waals surface area (Å²) in [6.07, 6.45) is 1.03. The van der Waals surface area contributed by atoms with Crippen LogP contribution in [0.5, 0.6) is 0 Å². The number of carbonyl (C=O) groups is 1. The molecule has 1 atom stereocenters. The van der Waals surface area contributed by atoms with Gasteiger partial charge in [0.1, 0.15) is 5.60 Å². The van der Waals surface area contributed by atoms with E-state index >= 15 is 0 Å². The smallest absolute Gasteiger partial charge is 0.380 e. The third-order valence-corrected chi connectivity index (χ3v) is 3.74. The molecular formula is C19H22NO2Y+2. The first-order valence-electron chi connectivity index (χ1n) is 7.44. The fourth-order valence-electron chi connectivity index (χ4n) is 2.10. The minimum Gasteiger partial charge on any atom is -0.380 e.